The summed E-state index contributed by atoms with van der Waals surface area (Å²) in [5.41, 5.74) is 5.56. The molecule has 1 fully saturated rings. The number of carbonyl (C=O) groups excluding carboxylic acids is 1. The number of nitrogens with zero attached hydrogens (tertiary/aromatic N) is 2. The Morgan fingerprint density at radius 3 is 2.94 bits per heavy atom. The Balaban J connectivity index is 2.05. The van der Waals surface area contributed by atoms with E-state index >= 15 is 0 Å². The summed E-state index contributed by atoms with van der Waals surface area (Å²) in [6.45, 7) is 1.84. The van der Waals surface area contributed by atoms with Gasteiger partial charge in [0.1, 0.15) is 4.88 Å². The maximum atomic E-state index is 11.9. The Morgan fingerprint density at radius 2 is 2.47 bits per heavy atom. The van der Waals surface area contributed by atoms with Crippen LogP contribution in [0.15, 0.2) is 11.4 Å². The van der Waals surface area contributed by atoms with Crippen molar-refractivity contribution < 1.29 is 10.0 Å². The first-order valence-electron chi connectivity index (χ1n) is 5.32. The number of hydrogen-bond donors (Lipinski definition) is 3. The van der Waals surface area contributed by atoms with Gasteiger partial charge < -0.3 is 16.3 Å². The lowest BCUT2D eigenvalue weighted by atomic mass is 10.1. The van der Waals surface area contributed by atoms with Crippen LogP contribution in [0.1, 0.15) is 27.5 Å². The monoisotopic (exact) mass is 254 g/mol. The van der Waals surface area contributed by atoms with Crippen molar-refractivity contribution in [3.8, 4) is 0 Å². The Hall–Kier alpha value is -1.63. The molecule has 0 radical (unpaired) electrons. The number of aromatic nitrogens is 1. The predicted octanol–water partition coefficient (Wildman–Crippen LogP) is 0.706. The minimum atomic E-state index is -0.380. The molecule has 1 heterocycles. The van der Waals surface area contributed by atoms with Crippen molar-refractivity contribution in [1.29, 1.82) is 0 Å². The number of thiazole rings is 1. The van der Waals surface area contributed by atoms with E-state index < -0.39 is 0 Å². The molecule has 0 bridgehead atoms. The maximum Gasteiger partial charge on any atom is 0.263 e. The summed E-state index contributed by atoms with van der Waals surface area (Å²) in [5.74, 6) is 0.116. The quantitative estimate of drug-likeness (QED) is 0.319. The molecular weight excluding hydrogens is 240 g/mol. The second-order valence-corrected chi connectivity index (χ2v) is 5.29. The van der Waals surface area contributed by atoms with Gasteiger partial charge in [-0.15, -0.1) is 11.3 Å². The summed E-state index contributed by atoms with van der Waals surface area (Å²) in [5, 5.41) is 15.3. The van der Waals surface area contributed by atoms with Crippen LogP contribution in [-0.2, 0) is 0 Å². The first-order chi connectivity index (χ1) is 8.11. The number of amides is 1. The molecule has 1 aliphatic carbocycles. The van der Waals surface area contributed by atoms with Gasteiger partial charge in [-0.1, -0.05) is 5.16 Å². The topological polar surface area (TPSA) is 101 Å². The zero-order valence-corrected chi connectivity index (χ0v) is 10.2. The Bertz CT molecular complexity index is 453. The molecule has 0 saturated heterocycles. The molecule has 7 heteroatoms. The molecule has 1 aromatic rings. The molecule has 0 aromatic carbocycles. The summed E-state index contributed by atoms with van der Waals surface area (Å²) in [7, 11) is 0. The van der Waals surface area contributed by atoms with E-state index in [1.807, 2.05) is 6.92 Å². The molecule has 2 rings (SSSR count). The fourth-order valence-corrected chi connectivity index (χ4v) is 2.28. The van der Waals surface area contributed by atoms with Gasteiger partial charge in [0.05, 0.1) is 17.2 Å². The minimum Gasteiger partial charge on any atom is -0.409 e. The zero-order chi connectivity index (χ0) is 12.4. The van der Waals surface area contributed by atoms with Crippen LogP contribution in [0.25, 0.3) is 0 Å². The number of nitrogens with one attached hydrogen (secondary N) is 1. The second-order valence-electron chi connectivity index (χ2n) is 4.06. The smallest absolute Gasteiger partial charge is 0.263 e. The molecule has 4 N–H and O–H groups in total. The molecule has 6 nitrogen and oxygen atoms in total. The van der Waals surface area contributed by atoms with Gasteiger partial charge in [0, 0.05) is 0 Å². The van der Waals surface area contributed by atoms with Gasteiger partial charge in [0.2, 0.25) is 0 Å². The third-order valence-electron chi connectivity index (χ3n) is 2.66. The van der Waals surface area contributed by atoms with E-state index in [9.17, 15) is 4.79 Å². The highest BCUT2D eigenvalue weighted by Gasteiger charge is 2.35. The molecule has 1 saturated carbocycles. The standard InChI is InChI=1S/C10H14N4O2S/c1-5-12-4-7(17-5)10(15)13-8(6-2-3-6)9(11)14-16/h4,6,8,16H,2-3H2,1H3,(H2,11,14)(H,13,15). The van der Waals surface area contributed by atoms with Crippen LogP contribution in [0.2, 0.25) is 0 Å². The van der Waals surface area contributed by atoms with E-state index in [0.717, 1.165) is 17.8 Å². The summed E-state index contributed by atoms with van der Waals surface area (Å²) < 4.78 is 0. The summed E-state index contributed by atoms with van der Waals surface area (Å²) in [6.07, 6.45) is 3.51. The van der Waals surface area contributed by atoms with Crippen molar-refractivity contribution in [2.24, 2.45) is 16.8 Å². The van der Waals surface area contributed by atoms with Crippen molar-refractivity contribution in [3.05, 3.63) is 16.1 Å². The average molecular weight is 254 g/mol. The summed E-state index contributed by atoms with van der Waals surface area (Å²) in [6, 6.07) is -0.380. The zero-order valence-electron chi connectivity index (χ0n) is 9.38. The lowest BCUT2D eigenvalue weighted by molar-refractivity contribution is 0.0947. The van der Waals surface area contributed by atoms with Crippen molar-refractivity contribution in [2.45, 2.75) is 25.8 Å². The van der Waals surface area contributed by atoms with Gasteiger partial charge in [0.25, 0.3) is 5.91 Å². The first-order valence-corrected chi connectivity index (χ1v) is 6.14. The van der Waals surface area contributed by atoms with E-state index in [1.54, 1.807) is 0 Å². The van der Waals surface area contributed by atoms with E-state index in [2.05, 4.69) is 15.5 Å². The molecule has 1 atom stereocenters. The molecule has 1 aliphatic rings. The molecule has 17 heavy (non-hydrogen) atoms. The van der Waals surface area contributed by atoms with Crippen molar-refractivity contribution in [2.75, 3.05) is 0 Å². The number of rotatable bonds is 4. The van der Waals surface area contributed by atoms with Gasteiger partial charge in [-0.2, -0.15) is 0 Å². The fraction of sp³-hybridized carbons (Fsp3) is 0.500. The van der Waals surface area contributed by atoms with E-state index in [4.69, 9.17) is 10.9 Å². The maximum absolute atomic E-state index is 11.9. The lowest BCUT2D eigenvalue weighted by Crippen LogP contribution is -2.45. The number of hydrogen-bond acceptors (Lipinski definition) is 5. The number of oxime groups is 1. The van der Waals surface area contributed by atoms with Gasteiger partial charge in [0.15, 0.2) is 5.84 Å². The second kappa shape index (κ2) is 4.70. The van der Waals surface area contributed by atoms with Crippen LogP contribution in [0.5, 0.6) is 0 Å². The lowest BCUT2D eigenvalue weighted by Gasteiger charge is -2.15. The largest absolute Gasteiger partial charge is 0.409 e. The van der Waals surface area contributed by atoms with Crippen LogP contribution in [-0.4, -0.2) is 28.0 Å². The highest BCUT2D eigenvalue weighted by molar-refractivity contribution is 7.13. The molecule has 1 aromatic heterocycles. The van der Waals surface area contributed by atoms with Crippen LogP contribution < -0.4 is 11.1 Å². The number of nitrogens with two attached hydrogens (primary N) is 1. The van der Waals surface area contributed by atoms with Gasteiger partial charge in [-0.3, -0.25) is 4.79 Å². The fourth-order valence-electron chi connectivity index (χ4n) is 1.60. The van der Waals surface area contributed by atoms with Crippen molar-refractivity contribution in [3.63, 3.8) is 0 Å². The van der Waals surface area contributed by atoms with E-state index in [-0.39, 0.29) is 23.7 Å². The third-order valence-corrected chi connectivity index (χ3v) is 3.57. The number of aryl methyl sites for hydroxylation is 1. The van der Waals surface area contributed by atoms with Crippen LogP contribution >= 0.6 is 11.3 Å². The highest BCUT2D eigenvalue weighted by atomic mass is 32.1. The molecule has 1 amide bonds. The first kappa shape index (κ1) is 11.8. The minimum absolute atomic E-state index is 0.0575. The molecule has 1 unspecified atom stereocenters. The molecule has 0 aliphatic heterocycles. The summed E-state index contributed by atoms with van der Waals surface area (Å²) in [4.78, 5) is 16.4. The molecular formula is C10H14N4O2S. The van der Waals surface area contributed by atoms with Crippen LogP contribution in [0, 0.1) is 12.8 Å². The third kappa shape index (κ3) is 2.73. The van der Waals surface area contributed by atoms with Gasteiger partial charge >= 0.3 is 0 Å². The van der Waals surface area contributed by atoms with Crippen LogP contribution in [0.4, 0.5) is 0 Å². The van der Waals surface area contributed by atoms with Crippen molar-refractivity contribution >= 4 is 23.1 Å². The van der Waals surface area contributed by atoms with Crippen LogP contribution in [0.3, 0.4) is 0 Å². The van der Waals surface area contributed by atoms with Gasteiger partial charge in [-0.05, 0) is 25.7 Å². The Labute approximate surface area is 103 Å². The Morgan fingerprint density at radius 1 is 1.76 bits per heavy atom. The van der Waals surface area contributed by atoms with Crippen molar-refractivity contribution in [1.82, 2.24) is 10.3 Å². The SMILES string of the molecule is Cc1ncc(C(=O)NC(/C(N)=N/O)C2CC2)s1. The Kier molecular flexibility index (Phi) is 3.28. The highest BCUT2D eigenvalue weighted by Crippen LogP contribution is 2.33. The van der Waals surface area contributed by atoms with Gasteiger partial charge in [-0.25, -0.2) is 4.98 Å². The van der Waals surface area contributed by atoms with E-state index in [0.29, 0.717) is 4.88 Å². The van der Waals surface area contributed by atoms with E-state index in [1.165, 1.54) is 17.5 Å². The normalized spacial score (nSPS) is 17.8. The molecule has 0 spiro atoms. The number of amidine groups is 1. The molecule has 92 valence electrons. The summed E-state index contributed by atoms with van der Waals surface area (Å²) >= 11 is 1.32. The number of carbonyl (C=O) groups is 1. The predicted molar refractivity (Wildman–Crippen MR) is 64.2 cm³/mol. The average Bonchev–Trinajstić information content (AvgIpc) is 3.06.